The number of aliphatic carboxylic acids is 1. The highest BCUT2D eigenvalue weighted by Gasteiger charge is 2.25. The highest BCUT2D eigenvalue weighted by atomic mass is 16.5. The van der Waals surface area contributed by atoms with Gasteiger partial charge < -0.3 is 9.84 Å². The summed E-state index contributed by atoms with van der Waals surface area (Å²) in [6, 6.07) is 4.03. The quantitative estimate of drug-likeness (QED) is 0.842. The highest BCUT2D eigenvalue weighted by Crippen LogP contribution is 2.40. The maximum Gasteiger partial charge on any atom is 0.328 e. The van der Waals surface area contributed by atoms with Crippen LogP contribution in [-0.4, -0.2) is 18.2 Å². The first-order valence-corrected chi connectivity index (χ1v) is 6.63. The molecule has 0 atom stereocenters. The Labute approximate surface area is 113 Å². The van der Waals surface area contributed by atoms with E-state index in [1.807, 2.05) is 26.0 Å². The molecule has 0 spiro atoms. The molecule has 0 aliphatic heterocycles. The minimum Gasteiger partial charge on any atom is -0.496 e. The Morgan fingerprint density at radius 2 is 2.00 bits per heavy atom. The number of aryl methyl sites for hydroxylation is 2. The molecule has 2 rings (SSSR count). The van der Waals surface area contributed by atoms with Gasteiger partial charge >= 0.3 is 5.97 Å². The lowest BCUT2D eigenvalue weighted by atomic mass is 9.76. The molecule has 0 heterocycles. The van der Waals surface area contributed by atoms with E-state index in [0.717, 1.165) is 40.9 Å². The van der Waals surface area contributed by atoms with Gasteiger partial charge in [-0.3, -0.25) is 0 Å². The van der Waals surface area contributed by atoms with Gasteiger partial charge in [0.05, 0.1) is 7.11 Å². The van der Waals surface area contributed by atoms with Crippen LogP contribution in [0.5, 0.6) is 5.75 Å². The molecule has 1 aromatic rings. The average molecular weight is 260 g/mol. The number of benzene rings is 1. The van der Waals surface area contributed by atoms with Gasteiger partial charge in [0.25, 0.3) is 0 Å². The number of hydrogen-bond acceptors (Lipinski definition) is 2. The Hall–Kier alpha value is -1.77. The van der Waals surface area contributed by atoms with Crippen molar-refractivity contribution < 1.29 is 14.6 Å². The molecule has 19 heavy (non-hydrogen) atoms. The summed E-state index contributed by atoms with van der Waals surface area (Å²) in [4.78, 5) is 11.0. The molecular formula is C16H20O3. The molecule has 0 radical (unpaired) electrons. The molecule has 1 aliphatic rings. The fraction of sp³-hybridized carbons (Fsp3) is 0.438. The van der Waals surface area contributed by atoms with E-state index in [9.17, 15) is 4.79 Å². The third-order valence-electron chi connectivity index (χ3n) is 3.88. The SMILES string of the molecule is COc1cc(C)c(/C(=C/C(=O)O)C2CCC2)cc1C. The van der Waals surface area contributed by atoms with Crippen molar-refractivity contribution >= 4 is 11.5 Å². The molecule has 1 aliphatic carbocycles. The number of hydrogen-bond donors (Lipinski definition) is 1. The topological polar surface area (TPSA) is 46.5 Å². The summed E-state index contributed by atoms with van der Waals surface area (Å²) in [7, 11) is 1.65. The average Bonchev–Trinajstić information content (AvgIpc) is 2.28. The fourth-order valence-electron chi connectivity index (χ4n) is 2.59. The van der Waals surface area contributed by atoms with E-state index in [0.29, 0.717) is 5.92 Å². The van der Waals surface area contributed by atoms with E-state index >= 15 is 0 Å². The lowest BCUT2D eigenvalue weighted by Crippen LogP contribution is -2.15. The maximum absolute atomic E-state index is 11.0. The van der Waals surface area contributed by atoms with Gasteiger partial charge in [-0.1, -0.05) is 6.42 Å². The van der Waals surface area contributed by atoms with Crippen LogP contribution in [0.25, 0.3) is 5.57 Å². The van der Waals surface area contributed by atoms with Crippen LogP contribution in [0.2, 0.25) is 0 Å². The zero-order valence-electron chi connectivity index (χ0n) is 11.7. The van der Waals surface area contributed by atoms with Gasteiger partial charge in [-0.15, -0.1) is 0 Å². The molecule has 0 unspecified atom stereocenters. The monoisotopic (exact) mass is 260 g/mol. The minimum atomic E-state index is -0.866. The molecule has 1 saturated carbocycles. The molecule has 0 bridgehead atoms. The summed E-state index contributed by atoms with van der Waals surface area (Å²) < 4.78 is 5.31. The van der Waals surface area contributed by atoms with Crippen molar-refractivity contribution in [2.24, 2.45) is 5.92 Å². The Morgan fingerprint density at radius 3 is 2.47 bits per heavy atom. The van der Waals surface area contributed by atoms with E-state index < -0.39 is 5.97 Å². The zero-order chi connectivity index (χ0) is 14.0. The van der Waals surface area contributed by atoms with Gasteiger partial charge in [0.2, 0.25) is 0 Å². The fourth-order valence-corrected chi connectivity index (χ4v) is 2.59. The highest BCUT2D eigenvalue weighted by molar-refractivity contribution is 5.91. The second kappa shape index (κ2) is 5.47. The molecule has 1 aromatic carbocycles. The lowest BCUT2D eigenvalue weighted by Gasteiger charge is -2.29. The van der Waals surface area contributed by atoms with Gasteiger partial charge in [-0.25, -0.2) is 4.79 Å². The number of allylic oxidation sites excluding steroid dienone is 1. The summed E-state index contributed by atoms with van der Waals surface area (Å²) in [5.41, 5.74) is 4.12. The third-order valence-corrected chi connectivity index (χ3v) is 3.88. The predicted octanol–water partition coefficient (Wildman–Crippen LogP) is 3.58. The molecule has 102 valence electrons. The van der Waals surface area contributed by atoms with Crippen LogP contribution in [0.15, 0.2) is 18.2 Å². The molecular weight excluding hydrogens is 240 g/mol. The maximum atomic E-state index is 11.0. The second-order valence-corrected chi connectivity index (χ2v) is 5.20. The Kier molecular flexibility index (Phi) is 3.93. The largest absolute Gasteiger partial charge is 0.496 e. The minimum absolute atomic E-state index is 0.391. The molecule has 3 heteroatoms. The van der Waals surface area contributed by atoms with Crippen LogP contribution in [-0.2, 0) is 4.79 Å². The smallest absolute Gasteiger partial charge is 0.328 e. The lowest BCUT2D eigenvalue weighted by molar-refractivity contribution is -0.131. The Bertz CT molecular complexity index is 525. The van der Waals surface area contributed by atoms with Crippen molar-refractivity contribution in [1.82, 2.24) is 0 Å². The van der Waals surface area contributed by atoms with Crippen LogP contribution in [0.3, 0.4) is 0 Å². The van der Waals surface area contributed by atoms with Crippen LogP contribution < -0.4 is 4.74 Å². The van der Waals surface area contributed by atoms with Crippen LogP contribution in [0.1, 0.15) is 36.0 Å². The van der Waals surface area contributed by atoms with E-state index in [1.165, 1.54) is 12.5 Å². The number of carboxylic acid groups (broad SMARTS) is 1. The van der Waals surface area contributed by atoms with Crippen molar-refractivity contribution in [3.8, 4) is 5.75 Å². The summed E-state index contributed by atoms with van der Waals surface area (Å²) in [5.74, 6) is 0.377. The molecule has 1 fully saturated rings. The summed E-state index contributed by atoms with van der Waals surface area (Å²) in [6.07, 6.45) is 4.74. The Morgan fingerprint density at radius 1 is 1.32 bits per heavy atom. The summed E-state index contributed by atoms with van der Waals surface area (Å²) in [5, 5.41) is 9.07. The standard InChI is InChI=1S/C16H20O3/c1-10-8-15(19-3)11(2)7-13(10)14(9-16(17)18)12-5-4-6-12/h7-9,12H,4-6H2,1-3H3,(H,17,18)/b14-9+. The van der Waals surface area contributed by atoms with Gasteiger partial charge in [-0.05, 0) is 67.0 Å². The van der Waals surface area contributed by atoms with Gasteiger partial charge in [0.1, 0.15) is 5.75 Å². The van der Waals surface area contributed by atoms with E-state index in [-0.39, 0.29) is 0 Å². The first kappa shape index (κ1) is 13.7. The third kappa shape index (κ3) is 2.80. The summed E-state index contributed by atoms with van der Waals surface area (Å²) in [6.45, 7) is 3.99. The number of carbonyl (C=O) groups is 1. The second-order valence-electron chi connectivity index (χ2n) is 5.20. The van der Waals surface area contributed by atoms with Crippen molar-refractivity contribution in [1.29, 1.82) is 0 Å². The van der Waals surface area contributed by atoms with Crippen LogP contribution >= 0.6 is 0 Å². The summed E-state index contributed by atoms with van der Waals surface area (Å²) >= 11 is 0. The van der Waals surface area contributed by atoms with Crippen molar-refractivity contribution in [3.05, 3.63) is 34.9 Å². The molecule has 0 amide bonds. The van der Waals surface area contributed by atoms with Crippen molar-refractivity contribution in [2.45, 2.75) is 33.1 Å². The van der Waals surface area contributed by atoms with E-state index in [4.69, 9.17) is 9.84 Å². The molecule has 1 N–H and O–H groups in total. The zero-order valence-corrected chi connectivity index (χ0v) is 11.7. The number of ether oxygens (including phenoxy) is 1. The first-order chi connectivity index (χ1) is 9.02. The van der Waals surface area contributed by atoms with Crippen molar-refractivity contribution in [3.63, 3.8) is 0 Å². The molecule has 3 nitrogen and oxygen atoms in total. The van der Waals surface area contributed by atoms with Crippen LogP contribution in [0.4, 0.5) is 0 Å². The first-order valence-electron chi connectivity index (χ1n) is 6.63. The Balaban J connectivity index is 2.47. The molecule has 0 saturated heterocycles. The van der Waals surface area contributed by atoms with Gasteiger partial charge in [-0.2, -0.15) is 0 Å². The van der Waals surface area contributed by atoms with Gasteiger partial charge in [0, 0.05) is 6.08 Å². The number of methoxy groups -OCH3 is 1. The predicted molar refractivity (Wildman–Crippen MR) is 75.4 cm³/mol. The van der Waals surface area contributed by atoms with Crippen LogP contribution in [0, 0.1) is 19.8 Å². The van der Waals surface area contributed by atoms with Crippen molar-refractivity contribution in [2.75, 3.05) is 7.11 Å². The normalized spacial score (nSPS) is 16.1. The van der Waals surface area contributed by atoms with Gasteiger partial charge in [0.15, 0.2) is 0 Å². The van der Waals surface area contributed by atoms with E-state index in [2.05, 4.69) is 0 Å². The number of rotatable bonds is 4. The molecule has 0 aromatic heterocycles. The number of carboxylic acids is 1. The van der Waals surface area contributed by atoms with E-state index in [1.54, 1.807) is 7.11 Å².